The molecular formula is C9H14N2O. The van der Waals surface area contributed by atoms with Crippen LogP contribution in [-0.4, -0.2) is 22.8 Å². The van der Waals surface area contributed by atoms with Crippen LogP contribution in [0.4, 0.5) is 0 Å². The number of nitrogens with zero attached hydrogens (tertiary/aromatic N) is 2. The Labute approximate surface area is 72.4 Å². The quantitative estimate of drug-likeness (QED) is 0.626. The van der Waals surface area contributed by atoms with Gasteiger partial charge in [-0.2, -0.15) is 0 Å². The van der Waals surface area contributed by atoms with E-state index < -0.39 is 0 Å². The summed E-state index contributed by atoms with van der Waals surface area (Å²) in [7, 11) is 1.78. The van der Waals surface area contributed by atoms with Crippen LogP contribution in [0.5, 0.6) is 0 Å². The lowest BCUT2D eigenvalue weighted by Gasteiger charge is -2.23. The Kier molecular flexibility index (Phi) is 1.89. The van der Waals surface area contributed by atoms with Gasteiger partial charge in [-0.3, -0.25) is 0 Å². The van der Waals surface area contributed by atoms with Crippen LogP contribution in [-0.2, 0) is 17.7 Å². The molecule has 3 heteroatoms. The van der Waals surface area contributed by atoms with Gasteiger partial charge in [0.25, 0.3) is 0 Å². The number of hydrogen-bond donors (Lipinski definition) is 0. The number of imidazole rings is 1. The SMILES string of the molecule is COC1CCc2ncc(C)n2C1. The van der Waals surface area contributed by atoms with Crippen molar-refractivity contribution in [2.75, 3.05) is 7.11 Å². The van der Waals surface area contributed by atoms with Crippen LogP contribution >= 0.6 is 0 Å². The lowest BCUT2D eigenvalue weighted by Crippen LogP contribution is -2.26. The number of rotatable bonds is 1. The second kappa shape index (κ2) is 2.90. The Balaban J connectivity index is 2.26. The summed E-state index contributed by atoms with van der Waals surface area (Å²) in [6, 6.07) is 0. The number of hydrogen-bond acceptors (Lipinski definition) is 2. The van der Waals surface area contributed by atoms with Crippen LogP contribution in [0.25, 0.3) is 0 Å². The van der Waals surface area contributed by atoms with Gasteiger partial charge < -0.3 is 9.30 Å². The van der Waals surface area contributed by atoms with Crippen molar-refractivity contribution in [2.24, 2.45) is 0 Å². The standard InChI is InChI=1S/C9H14N2O/c1-7-5-10-9-4-3-8(12-2)6-11(7)9/h5,8H,3-4,6H2,1-2H3. The summed E-state index contributed by atoms with van der Waals surface area (Å²) in [6.07, 6.45) is 4.47. The maximum Gasteiger partial charge on any atom is 0.109 e. The molecule has 2 heterocycles. The van der Waals surface area contributed by atoms with E-state index in [0.717, 1.165) is 19.4 Å². The van der Waals surface area contributed by atoms with Crippen LogP contribution in [0.2, 0.25) is 0 Å². The van der Waals surface area contributed by atoms with Gasteiger partial charge in [-0.1, -0.05) is 0 Å². The molecule has 0 spiro atoms. The van der Waals surface area contributed by atoms with Gasteiger partial charge in [0.15, 0.2) is 0 Å². The van der Waals surface area contributed by atoms with E-state index in [0.29, 0.717) is 6.10 Å². The van der Waals surface area contributed by atoms with Gasteiger partial charge in [0.1, 0.15) is 5.82 Å². The average molecular weight is 166 g/mol. The zero-order valence-corrected chi connectivity index (χ0v) is 7.58. The van der Waals surface area contributed by atoms with Gasteiger partial charge in [-0.05, 0) is 13.3 Å². The Morgan fingerprint density at radius 3 is 3.25 bits per heavy atom. The Bertz CT molecular complexity index is 280. The Morgan fingerprint density at radius 2 is 2.50 bits per heavy atom. The van der Waals surface area contributed by atoms with E-state index in [1.165, 1.54) is 11.5 Å². The molecule has 1 atom stereocenters. The maximum absolute atomic E-state index is 5.32. The van der Waals surface area contributed by atoms with Crippen molar-refractivity contribution in [3.8, 4) is 0 Å². The largest absolute Gasteiger partial charge is 0.380 e. The van der Waals surface area contributed by atoms with Gasteiger partial charge >= 0.3 is 0 Å². The fraction of sp³-hybridized carbons (Fsp3) is 0.667. The van der Waals surface area contributed by atoms with Crippen LogP contribution in [0.1, 0.15) is 17.9 Å². The van der Waals surface area contributed by atoms with Crippen molar-refractivity contribution in [3.63, 3.8) is 0 Å². The molecule has 0 saturated carbocycles. The number of aromatic nitrogens is 2. The van der Waals surface area contributed by atoms with Crippen LogP contribution in [0, 0.1) is 6.92 Å². The summed E-state index contributed by atoms with van der Waals surface area (Å²) in [5.41, 5.74) is 1.24. The third-order valence-corrected chi connectivity index (χ3v) is 2.55. The van der Waals surface area contributed by atoms with Crippen LogP contribution in [0.15, 0.2) is 6.20 Å². The van der Waals surface area contributed by atoms with Gasteiger partial charge in [-0.25, -0.2) is 4.98 Å². The average Bonchev–Trinajstić information content (AvgIpc) is 2.47. The van der Waals surface area contributed by atoms with Crippen molar-refractivity contribution in [3.05, 3.63) is 17.7 Å². The molecule has 0 amide bonds. The lowest BCUT2D eigenvalue weighted by molar-refractivity contribution is 0.0700. The van der Waals surface area contributed by atoms with E-state index >= 15 is 0 Å². The minimum atomic E-state index is 0.380. The number of aryl methyl sites for hydroxylation is 2. The maximum atomic E-state index is 5.32. The topological polar surface area (TPSA) is 27.1 Å². The third kappa shape index (κ3) is 1.14. The van der Waals surface area contributed by atoms with Crippen molar-refractivity contribution < 1.29 is 4.74 Å². The van der Waals surface area contributed by atoms with E-state index in [9.17, 15) is 0 Å². The second-order valence-corrected chi connectivity index (χ2v) is 3.32. The zero-order chi connectivity index (χ0) is 8.55. The highest BCUT2D eigenvalue weighted by atomic mass is 16.5. The highest BCUT2D eigenvalue weighted by Crippen LogP contribution is 2.17. The summed E-state index contributed by atoms with van der Waals surface area (Å²) >= 11 is 0. The summed E-state index contributed by atoms with van der Waals surface area (Å²) in [5.74, 6) is 1.21. The monoisotopic (exact) mass is 166 g/mol. The number of fused-ring (bicyclic) bond motifs is 1. The highest BCUT2D eigenvalue weighted by Gasteiger charge is 2.19. The molecular weight excluding hydrogens is 152 g/mol. The third-order valence-electron chi connectivity index (χ3n) is 2.55. The molecule has 0 saturated heterocycles. The van der Waals surface area contributed by atoms with Crippen LogP contribution < -0.4 is 0 Å². The van der Waals surface area contributed by atoms with Crippen LogP contribution in [0.3, 0.4) is 0 Å². The van der Waals surface area contributed by atoms with Crippen molar-refractivity contribution in [1.29, 1.82) is 0 Å². The van der Waals surface area contributed by atoms with Crippen molar-refractivity contribution >= 4 is 0 Å². The molecule has 0 N–H and O–H groups in total. The fourth-order valence-corrected chi connectivity index (χ4v) is 1.74. The first kappa shape index (κ1) is 7.80. The van der Waals surface area contributed by atoms with E-state index in [1.807, 2.05) is 6.20 Å². The lowest BCUT2D eigenvalue weighted by atomic mass is 10.1. The molecule has 0 fully saturated rings. The Hall–Kier alpha value is -0.830. The molecule has 3 nitrogen and oxygen atoms in total. The Morgan fingerprint density at radius 1 is 1.67 bits per heavy atom. The fourth-order valence-electron chi connectivity index (χ4n) is 1.74. The summed E-state index contributed by atoms with van der Waals surface area (Å²) in [5, 5.41) is 0. The molecule has 1 unspecified atom stereocenters. The van der Waals surface area contributed by atoms with Gasteiger partial charge in [-0.15, -0.1) is 0 Å². The van der Waals surface area contributed by atoms with E-state index in [1.54, 1.807) is 7.11 Å². The van der Waals surface area contributed by atoms with E-state index in [-0.39, 0.29) is 0 Å². The van der Waals surface area contributed by atoms with Gasteiger partial charge in [0.05, 0.1) is 12.6 Å². The molecule has 2 rings (SSSR count). The van der Waals surface area contributed by atoms with E-state index in [2.05, 4.69) is 16.5 Å². The molecule has 0 bridgehead atoms. The molecule has 1 aromatic heterocycles. The molecule has 66 valence electrons. The molecule has 0 aromatic carbocycles. The molecule has 0 aliphatic carbocycles. The molecule has 1 aliphatic rings. The minimum Gasteiger partial charge on any atom is -0.380 e. The minimum absolute atomic E-state index is 0.380. The van der Waals surface area contributed by atoms with E-state index in [4.69, 9.17) is 4.74 Å². The summed E-state index contributed by atoms with van der Waals surface area (Å²) in [6.45, 7) is 3.06. The second-order valence-electron chi connectivity index (χ2n) is 3.32. The molecule has 12 heavy (non-hydrogen) atoms. The molecule has 1 aromatic rings. The zero-order valence-electron chi connectivity index (χ0n) is 7.58. The summed E-state index contributed by atoms with van der Waals surface area (Å²) in [4.78, 5) is 4.33. The van der Waals surface area contributed by atoms with Gasteiger partial charge in [0.2, 0.25) is 0 Å². The predicted molar refractivity (Wildman–Crippen MR) is 46.1 cm³/mol. The first-order valence-electron chi connectivity index (χ1n) is 4.35. The van der Waals surface area contributed by atoms with Crippen molar-refractivity contribution in [2.45, 2.75) is 32.4 Å². The van der Waals surface area contributed by atoms with Gasteiger partial charge in [0, 0.05) is 25.4 Å². The molecule has 0 radical (unpaired) electrons. The number of methoxy groups -OCH3 is 1. The first-order valence-corrected chi connectivity index (χ1v) is 4.35. The predicted octanol–water partition coefficient (Wildman–Crippen LogP) is 1.15. The van der Waals surface area contributed by atoms with Crippen molar-refractivity contribution in [1.82, 2.24) is 9.55 Å². The summed E-state index contributed by atoms with van der Waals surface area (Å²) < 4.78 is 7.57. The first-order chi connectivity index (χ1) is 5.81. The number of ether oxygens (including phenoxy) is 1. The smallest absolute Gasteiger partial charge is 0.109 e. The highest BCUT2D eigenvalue weighted by molar-refractivity contribution is 5.06. The normalized spacial score (nSPS) is 22.3. The molecule has 1 aliphatic heterocycles.